The van der Waals surface area contributed by atoms with Crippen LogP contribution < -0.4 is 5.32 Å². The molecule has 1 aliphatic heterocycles. The van der Waals surface area contributed by atoms with Crippen LogP contribution >= 0.6 is 11.3 Å². The largest absolute Gasteiger partial charge is 0.459 e. The van der Waals surface area contributed by atoms with Gasteiger partial charge in [0.25, 0.3) is 5.91 Å². The first-order valence-electron chi connectivity index (χ1n) is 10.9. The van der Waals surface area contributed by atoms with Crippen molar-refractivity contribution in [1.29, 1.82) is 0 Å². The van der Waals surface area contributed by atoms with E-state index in [1.165, 1.54) is 11.8 Å². The molecule has 3 heterocycles. The number of likely N-dealkylation sites (tertiary alicyclic amines) is 1. The Kier molecular flexibility index (Phi) is 6.87. The monoisotopic (exact) mass is 436 g/mol. The van der Waals surface area contributed by atoms with Crippen molar-refractivity contribution in [1.82, 2.24) is 10.2 Å². The highest BCUT2D eigenvalue weighted by atomic mass is 32.1. The average molecular weight is 437 g/mol. The minimum Gasteiger partial charge on any atom is -0.459 e. The van der Waals surface area contributed by atoms with Crippen molar-refractivity contribution in [2.45, 2.75) is 38.6 Å². The van der Waals surface area contributed by atoms with Gasteiger partial charge in [0, 0.05) is 23.9 Å². The van der Waals surface area contributed by atoms with Crippen molar-refractivity contribution in [2.75, 3.05) is 13.1 Å². The summed E-state index contributed by atoms with van der Waals surface area (Å²) in [6.07, 6.45) is 5.00. The molecule has 0 bridgehead atoms. The Labute approximate surface area is 187 Å². The van der Waals surface area contributed by atoms with Crippen molar-refractivity contribution < 1.29 is 14.0 Å². The van der Waals surface area contributed by atoms with Gasteiger partial charge in [-0.05, 0) is 54.0 Å². The molecular weight excluding hydrogens is 408 g/mol. The number of hydrogen-bond donors (Lipinski definition) is 1. The number of amides is 2. The standard InChI is InChI=1S/C25H28N2O3S/c1-2-5-18-8-10-19(11-9-18)23(22-7-4-17-31-22)26-24(28)20-12-14-27(15-13-20)25(29)21-6-3-16-30-21/h3-4,6-11,16-17,20,23H,2,5,12-15H2,1H3,(H,26,28). The van der Waals surface area contributed by atoms with Gasteiger partial charge in [-0.3, -0.25) is 9.59 Å². The van der Waals surface area contributed by atoms with E-state index < -0.39 is 0 Å². The minimum atomic E-state index is -0.147. The van der Waals surface area contributed by atoms with Crippen molar-refractivity contribution in [3.63, 3.8) is 0 Å². The summed E-state index contributed by atoms with van der Waals surface area (Å²) in [5.74, 6) is 0.211. The molecule has 0 spiro atoms. The molecule has 1 atom stereocenters. The lowest BCUT2D eigenvalue weighted by atomic mass is 9.94. The molecule has 0 radical (unpaired) electrons. The Hall–Kier alpha value is -2.86. The second kappa shape index (κ2) is 9.96. The summed E-state index contributed by atoms with van der Waals surface area (Å²) in [5, 5.41) is 5.32. The molecule has 1 N–H and O–H groups in total. The first-order chi connectivity index (χ1) is 15.2. The molecule has 162 valence electrons. The summed E-state index contributed by atoms with van der Waals surface area (Å²) in [6, 6.07) is 15.9. The normalized spacial score (nSPS) is 15.6. The number of nitrogens with one attached hydrogen (secondary N) is 1. The Balaban J connectivity index is 1.41. The molecule has 5 nitrogen and oxygen atoms in total. The fraction of sp³-hybridized carbons (Fsp3) is 0.360. The quantitative estimate of drug-likeness (QED) is 0.564. The molecule has 1 fully saturated rings. The third-order valence-electron chi connectivity index (χ3n) is 5.85. The number of carbonyl (C=O) groups is 2. The lowest BCUT2D eigenvalue weighted by molar-refractivity contribution is -0.126. The predicted octanol–water partition coefficient (Wildman–Crippen LogP) is 5.05. The Morgan fingerprint density at radius 3 is 2.52 bits per heavy atom. The molecule has 4 rings (SSSR count). The third kappa shape index (κ3) is 5.07. The summed E-state index contributed by atoms with van der Waals surface area (Å²) in [7, 11) is 0. The van der Waals surface area contributed by atoms with E-state index in [2.05, 4.69) is 42.6 Å². The average Bonchev–Trinajstić information content (AvgIpc) is 3.52. The number of aryl methyl sites for hydroxylation is 1. The first kappa shape index (κ1) is 21.4. The Bertz CT molecular complexity index is 972. The van der Waals surface area contributed by atoms with Crippen LogP contribution in [0.1, 0.15) is 58.8 Å². The van der Waals surface area contributed by atoms with Crippen molar-refractivity contribution >= 4 is 23.2 Å². The molecular formula is C25H28N2O3S. The molecule has 1 saturated heterocycles. The fourth-order valence-corrected chi connectivity index (χ4v) is 4.90. The maximum atomic E-state index is 13.1. The molecule has 1 aliphatic rings. The van der Waals surface area contributed by atoms with Gasteiger partial charge in [0.15, 0.2) is 5.76 Å². The number of hydrogen-bond acceptors (Lipinski definition) is 4. The zero-order valence-electron chi connectivity index (χ0n) is 17.8. The van der Waals surface area contributed by atoms with Gasteiger partial charge in [-0.1, -0.05) is 43.7 Å². The van der Waals surface area contributed by atoms with Crippen LogP contribution in [0.25, 0.3) is 0 Å². The van der Waals surface area contributed by atoms with Gasteiger partial charge in [0.2, 0.25) is 5.91 Å². The SMILES string of the molecule is CCCc1ccc(C(NC(=O)C2CCN(C(=O)c3ccco3)CC2)c2cccs2)cc1. The van der Waals surface area contributed by atoms with Gasteiger partial charge >= 0.3 is 0 Å². The van der Waals surface area contributed by atoms with E-state index in [-0.39, 0.29) is 23.8 Å². The van der Waals surface area contributed by atoms with Gasteiger partial charge in [0.1, 0.15) is 0 Å². The van der Waals surface area contributed by atoms with Crippen molar-refractivity contribution in [3.8, 4) is 0 Å². The summed E-state index contributed by atoms with van der Waals surface area (Å²) < 4.78 is 5.22. The molecule has 3 aromatic rings. The van der Waals surface area contributed by atoms with Gasteiger partial charge in [-0.15, -0.1) is 11.3 Å². The fourth-order valence-electron chi connectivity index (χ4n) is 4.10. The van der Waals surface area contributed by atoms with E-state index in [1.807, 2.05) is 11.4 Å². The van der Waals surface area contributed by atoms with Crippen LogP contribution in [0.5, 0.6) is 0 Å². The van der Waals surface area contributed by atoms with Gasteiger partial charge in [0.05, 0.1) is 12.3 Å². The molecule has 2 amide bonds. The molecule has 1 aromatic carbocycles. The van der Waals surface area contributed by atoms with Crippen molar-refractivity contribution in [2.24, 2.45) is 5.92 Å². The topological polar surface area (TPSA) is 62.6 Å². The van der Waals surface area contributed by atoms with Gasteiger partial charge < -0.3 is 14.6 Å². The van der Waals surface area contributed by atoms with Gasteiger partial charge in [-0.2, -0.15) is 0 Å². The summed E-state index contributed by atoms with van der Waals surface area (Å²) >= 11 is 1.65. The number of benzene rings is 1. The molecule has 31 heavy (non-hydrogen) atoms. The van der Waals surface area contributed by atoms with Crippen LogP contribution in [-0.2, 0) is 11.2 Å². The van der Waals surface area contributed by atoms with Crippen LogP contribution in [0.2, 0.25) is 0 Å². The number of rotatable bonds is 7. The summed E-state index contributed by atoms with van der Waals surface area (Å²) in [5.41, 5.74) is 2.41. The van der Waals surface area contributed by atoms with Crippen LogP contribution in [0.4, 0.5) is 0 Å². The second-order valence-corrected chi connectivity index (χ2v) is 8.97. The summed E-state index contributed by atoms with van der Waals surface area (Å²) in [6.45, 7) is 3.30. The third-order valence-corrected chi connectivity index (χ3v) is 6.79. The van der Waals surface area contributed by atoms with E-state index in [9.17, 15) is 9.59 Å². The van der Waals surface area contributed by atoms with Crippen LogP contribution in [0.15, 0.2) is 64.6 Å². The maximum Gasteiger partial charge on any atom is 0.289 e. The lowest BCUT2D eigenvalue weighted by Gasteiger charge is -2.31. The predicted molar refractivity (Wildman–Crippen MR) is 122 cm³/mol. The van der Waals surface area contributed by atoms with Crippen LogP contribution in [0, 0.1) is 5.92 Å². The van der Waals surface area contributed by atoms with Crippen LogP contribution in [-0.4, -0.2) is 29.8 Å². The van der Waals surface area contributed by atoms with E-state index in [0.29, 0.717) is 31.7 Å². The second-order valence-electron chi connectivity index (χ2n) is 7.99. The highest BCUT2D eigenvalue weighted by molar-refractivity contribution is 7.10. The number of piperidine rings is 1. The Morgan fingerprint density at radius 2 is 1.90 bits per heavy atom. The molecule has 1 unspecified atom stereocenters. The lowest BCUT2D eigenvalue weighted by Crippen LogP contribution is -2.43. The number of furan rings is 1. The minimum absolute atomic E-state index is 0.0566. The summed E-state index contributed by atoms with van der Waals surface area (Å²) in [4.78, 5) is 28.5. The van der Waals surface area contributed by atoms with Gasteiger partial charge in [-0.25, -0.2) is 0 Å². The Morgan fingerprint density at radius 1 is 1.13 bits per heavy atom. The smallest absolute Gasteiger partial charge is 0.289 e. The number of nitrogens with zero attached hydrogens (tertiary/aromatic N) is 1. The van der Waals surface area contributed by atoms with E-state index >= 15 is 0 Å². The van der Waals surface area contributed by atoms with Crippen molar-refractivity contribution in [3.05, 3.63) is 81.9 Å². The van der Waals surface area contributed by atoms with E-state index in [4.69, 9.17) is 4.42 Å². The number of thiophene rings is 1. The highest BCUT2D eigenvalue weighted by Crippen LogP contribution is 2.28. The van der Waals surface area contributed by atoms with E-state index in [1.54, 1.807) is 28.4 Å². The maximum absolute atomic E-state index is 13.1. The molecule has 0 aliphatic carbocycles. The highest BCUT2D eigenvalue weighted by Gasteiger charge is 2.30. The number of carbonyl (C=O) groups excluding carboxylic acids is 2. The van der Waals surface area contributed by atoms with Crippen LogP contribution in [0.3, 0.4) is 0 Å². The molecule has 2 aromatic heterocycles. The zero-order valence-corrected chi connectivity index (χ0v) is 18.6. The van der Waals surface area contributed by atoms with E-state index in [0.717, 1.165) is 23.3 Å². The first-order valence-corrected chi connectivity index (χ1v) is 11.8. The molecule has 0 saturated carbocycles. The zero-order chi connectivity index (χ0) is 21.6. The molecule has 6 heteroatoms.